The molecule has 2 heterocycles. The molecule has 1 fully saturated rings. The second-order valence-electron chi connectivity index (χ2n) is 4.28. The Morgan fingerprint density at radius 3 is 2.83 bits per heavy atom. The predicted molar refractivity (Wildman–Crippen MR) is 67.0 cm³/mol. The molecular formula is C12H12F2N2OS. The zero-order chi connectivity index (χ0) is 12.5. The molecule has 0 amide bonds. The quantitative estimate of drug-likeness (QED) is 0.910. The van der Waals surface area contributed by atoms with Crippen molar-refractivity contribution < 1.29 is 13.5 Å². The van der Waals surface area contributed by atoms with Crippen molar-refractivity contribution in [3.8, 4) is 0 Å². The number of halogens is 2. The number of aromatic nitrogens is 1. The van der Waals surface area contributed by atoms with Gasteiger partial charge in [0.15, 0.2) is 10.9 Å². The molecule has 6 heteroatoms. The molecule has 1 aliphatic heterocycles. The van der Waals surface area contributed by atoms with E-state index in [0.29, 0.717) is 15.9 Å². The number of anilines is 1. The maximum atomic E-state index is 13.5. The first-order chi connectivity index (χ1) is 8.72. The third-order valence-electron chi connectivity index (χ3n) is 2.96. The van der Waals surface area contributed by atoms with Crippen molar-refractivity contribution in [1.82, 2.24) is 4.98 Å². The van der Waals surface area contributed by atoms with Gasteiger partial charge >= 0.3 is 0 Å². The number of hydrogen-bond acceptors (Lipinski definition) is 4. The van der Waals surface area contributed by atoms with E-state index in [-0.39, 0.29) is 5.52 Å². The van der Waals surface area contributed by atoms with Crippen LogP contribution >= 0.6 is 11.3 Å². The predicted octanol–water partition coefficient (Wildman–Crippen LogP) is 3.17. The average molecular weight is 270 g/mol. The maximum absolute atomic E-state index is 13.5. The molecule has 0 radical (unpaired) electrons. The van der Waals surface area contributed by atoms with E-state index in [2.05, 4.69) is 10.3 Å². The van der Waals surface area contributed by atoms with Gasteiger partial charge in [-0.15, -0.1) is 0 Å². The summed E-state index contributed by atoms with van der Waals surface area (Å²) in [7, 11) is 0. The average Bonchev–Trinajstić information content (AvgIpc) is 2.73. The van der Waals surface area contributed by atoms with Gasteiger partial charge in [-0.2, -0.15) is 0 Å². The number of benzene rings is 1. The highest BCUT2D eigenvalue weighted by atomic mass is 32.1. The number of nitrogens with zero attached hydrogens (tertiary/aromatic N) is 1. The summed E-state index contributed by atoms with van der Waals surface area (Å²) < 4.78 is 32.4. The number of nitrogens with one attached hydrogen (secondary N) is 1. The Bertz CT molecular complexity index is 566. The van der Waals surface area contributed by atoms with Gasteiger partial charge in [0, 0.05) is 25.3 Å². The molecule has 3 rings (SSSR count). The molecule has 96 valence electrons. The third-order valence-corrected chi connectivity index (χ3v) is 3.90. The molecule has 0 unspecified atom stereocenters. The van der Waals surface area contributed by atoms with Crippen molar-refractivity contribution in [3.63, 3.8) is 0 Å². The van der Waals surface area contributed by atoms with Gasteiger partial charge in [0.2, 0.25) is 0 Å². The first-order valence-electron chi connectivity index (χ1n) is 5.82. The highest BCUT2D eigenvalue weighted by Crippen LogP contribution is 2.29. The van der Waals surface area contributed by atoms with E-state index in [1.807, 2.05) is 0 Å². The summed E-state index contributed by atoms with van der Waals surface area (Å²) >= 11 is 1.28. The van der Waals surface area contributed by atoms with E-state index in [0.717, 1.165) is 32.1 Å². The van der Waals surface area contributed by atoms with Crippen LogP contribution in [0.15, 0.2) is 12.1 Å². The molecule has 1 saturated heterocycles. The van der Waals surface area contributed by atoms with Crippen molar-refractivity contribution in [2.24, 2.45) is 0 Å². The summed E-state index contributed by atoms with van der Waals surface area (Å²) in [5.74, 6) is -1.18. The molecule has 0 bridgehead atoms. The molecule has 0 atom stereocenters. The molecule has 0 spiro atoms. The van der Waals surface area contributed by atoms with Crippen LogP contribution in [0.2, 0.25) is 0 Å². The van der Waals surface area contributed by atoms with Crippen LogP contribution in [0.25, 0.3) is 10.2 Å². The minimum Gasteiger partial charge on any atom is -0.381 e. The Hall–Kier alpha value is -1.27. The SMILES string of the molecule is Fc1cc(F)c2nc(NC3CCOCC3)sc2c1. The van der Waals surface area contributed by atoms with E-state index in [1.165, 1.54) is 17.4 Å². The van der Waals surface area contributed by atoms with E-state index in [9.17, 15) is 8.78 Å². The van der Waals surface area contributed by atoms with Crippen molar-refractivity contribution in [3.05, 3.63) is 23.8 Å². The lowest BCUT2D eigenvalue weighted by Gasteiger charge is -2.22. The molecule has 0 aliphatic carbocycles. The zero-order valence-electron chi connectivity index (χ0n) is 9.58. The number of rotatable bonds is 2. The molecule has 0 saturated carbocycles. The highest BCUT2D eigenvalue weighted by Gasteiger charge is 2.16. The van der Waals surface area contributed by atoms with Gasteiger partial charge < -0.3 is 10.1 Å². The van der Waals surface area contributed by atoms with Gasteiger partial charge in [-0.25, -0.2) is 13.8 Å². The van der Waals surface area contributed by atoms with Crippen LogP contribution in [0.1, 0.15) is 12.8 Å². The van der Waals surface area contributed by atoms with Gasteiger partial charge in [-0.05, 0) is 18.9 Å². The van der Waals surface area contributed by atoms with Crippen LogP contribution in [0.4, 0.5) is 13.9 Å². The van der Waals surface area contributed by atoms with Gasteiger partial charge in [-0.1, -0.05) is 11.3 Å². The first-order valence-corrected chi connectivity index (χ1v) is 6.64. The fraction of sp³-hybridized carbons (Fsp3) is 0.417. The minimum absolute atomic E-state index is 0.232. The van der Waals surface area contributed by atoms with Crippen LogP contribution < -0.4 is 5.32 Å². The summed E-state index contributed by atoms with van der Waals surface area (Å²) in [4.78, 5) is 4.17. The second kappa shape index (κ2) is 4.78. The van der Waals surface area contributed by atoms with Crippen molar-refractivity contribution in [2.45, 2.75) is 18.9 Å². The molecule has 1 aliphatic rings. The van der Waals surface area contributed by atoms with Gasteiger partial charge in [0.25, 0.3) is 0 Å². The number of ether oxygens (including phenoxy) is 1. The maximum Gasteiger partial charge on any atom is 0.184 e. The summed E-state index contributed by atoms with van der Waals surface area (Å²) in [6, 6.07) is 2.47. The van der Waals surface area contributed by atoms with Gasteiger partial charge in [0.05, 0.1) is 4.70 Å². The largest absolute Gasteiger partial charge is 0.381 e. The van der Waals surface area contributed by atoms with E-state index < -0.39 is 11.6 Å². The van der Waals surface area contributed by atoms with Crippen LogP contribution in [-0.2, 0) is 4.74 Å². The Kier molecular flexibility index (Phi) is 3.13. The summed E-state index contributed by atoms with van der Waals surface area (Å²) in [5.41, 5.74) is 0.232. The monoisotopic (exact) mass is 270 g/mol. The Labute approximate surface area is 107 Å². The molecule has 1 N–H and O–H groups in total. The van der Waals surface area contributed by atoms with E-state index >= 15 is 0 Å². The minimum atomic E-state index is -0.610. The molecular weight excluding hydrogens is 258 g/mol. The van der Waals surface area contributed by atoms with Crippen LogP contribution in [0.5, 0.6) is 0 Å². The number of fused-ring (bicyclic) bond motifs is 1. The summed E-state index contributed by atoms with van der Waals surface area (Å²) in [5, 5.41) is 3.90. The van der Waals surface area contributed by atoms with E-state index in [1.54, 1.807) is 0 Å². The second-order valence-corrected chi connectivity index (χ2v) is 5.32. The first kappa shape index (κ1) is 11.8. The van der Waals surface area contributed by atoms with Crippen LogP contribution in [0.3, 0.4) is 0 Å². The Morgan fingerprint density at radius 1 is 1.28 bits per heavy atom. The van der Waals surface area contributed by atoms with Gasteiger partial charge in [0.1, 0.15) is 11.3 Å². The molecule has 2 aromatic rings. The molecule has 3 nitrogen and oxygen atoms in total. The van der Waals surface area contributed by atoms with Crippen molar-refractivity contribution in [2.75, 3.05) is 18.5 Å². The zero-order valence-corrected chi connectivity index (χ0v) is 10.4. The fourth-order valence-electron chi connectivity index (χ4n) is 2.04. The molecule has 18 heavy (non-hydrogen) atoms. The fourth-order valence-corrected chi connectivity index (χ4v) is 3.02. The lowest BCUT2D eigenvalue weighted by Crippen LogP contribution is -2.27. The van der Waals surface area contributed by atoms with Crippen LogP contribution in [-0.4, -0.2) is 24.2 Å². The highest BCUT2D eigenvalue weighted by molar-refractivity contribution is 7.22. The molecule has 1 aromatic carbocycles. The Morgan fingerprint density at radius 2 is 2.06 bits per heavy atom. The van der Waals surface area contributed by atoms with E-state index in [4.69, 9.17) is 4.74 Å². The van der Waals surface area contributed by atoms with Gasteiger partial charge in [-0.3, -0.25) is 0 Å². The number of thiazole rings is 1. The summed E-state index contributed by atoms with van der Waals surface area (Å²) in [6.07, 6.45) is 1.82. The number of hydrogen-bond donors (Lipinski definition) is 1. The normalized spacial score (nSPS) is 17.2. The van der Waals surface area contributed by atoms with Crippen molar-refractivity contribution in [1.29, 1.82) is 0 Å². The lowest BCUT2D eigenvalue weighted by atomic mass is 10.1. The lowest BCUT2D eigenvalue weighted by molar-refractivity contribution is 0.0904. The topological polar surface area (TPSA) is 34.2 Å². The smallest absolute Gasteiger partial charge is 0.184 e. The third kappa shape index (κ3) is 2.30. The molecule has 1 aromatic heterocycles. The van der Waals surface area contributed by atoms with Crippen molar-refractivity contribution >= 4 is 26.7 Å². The van der Waals surface area contributed by atoms with Crippen LogP contribution in [0, 0.1) is 11.6 Å². The standard InChI is InChI=1S/C12H12F2N2OS/c13-7-5-9(14)11-10(6-7)18-12(16-11)15-8-1-3-17-4-2-8/h5-6,8H,1-4H2,(H,15,16). The summed E-state index contributed by atoms with van der Waals surface area (Å²) in [6.45, 7) is 1.46. The Balaban J connectivity index is 1.86.